The number of nitrogens with one attached hydrogen (secondary N) is 1. The predicted octanol–water partition coefficient (Wildman–Crippen LogP) is 1.85. The number of methoxy groups -OCH3 is 1. The molecule has 10 heteroatoms. The molecule has 130 valence electrons. The van der Waals surface area contributed by atoms with Gasteiger partial charge in [-0.2, -0.15) is 9.78 Å². The van der Waals surface area contributed by atoms with Crippen molar-refractivity contribution in [1.82, 2.24) is 14.5 Å². The Hall–Kier alpha value is -1.45. The summed E-state index contributed by atoms with van der Waals surface area (Å²) < 4.78 is 32.9. The van der Waals surface area contributed by atoms with Crippen molar-refractivity contribution in [3.63, 3.8) is 0 Å². The fourth-order valence-electron chi connectivity index (χ4n) is 1.98. The van der Waals surface area contributed by atoms with Crippen LogP contribution in [-0.2, 0) is 14.8 Å². The number of ether oxygens (including phenoxy) is 1. The summed E-state index contributed by atoms with van der Waals surface area (Å²) in [5.41, 5.74) is -0.228. The molecule has 1 aromatic heterocycles. The molecule has 1 aromatic carbocycles. The molecule has 0 radical (unpaired) electrons. The molecule has 1 N–H and O–H groups in total. The first-order chi connectivity index (χ1) is 11.3. The molecule has 2 rings (SSSR count). The molecule has 0 fully saturated rings. The molecule has 0 amide bonds. The minimum atomic E-state index is -3.69. The molecule has 1 heterocycles. The molecule has 0 bridgehead atoms. The third kappa shape index (κ3) is 4.14. The van der Waals surface area contributed by atoms with Crippen molar-refractivity contribution < 1.29 is 13.2 Å². The first-order valence-electron chi connectivity index (χ1n) is 6.81. The van der Waals surface area contributed by atoms with Crippen LogP contribution in [0.5, 0.6) is 0 Å². The van der Waals surface area contributed by atoms with E-state index in [-0.39, 0.29) is 27.6 Å². The molecule has 0 saturated carbocycles. The number of rotatable bonds is 6. The number of nitrogens with zero attached hydrogens (tertiary/aromatic N) is 2. The van der Waals surface area contributed by atoms with Crippen molar-refractivity contribution in [3.8, 4) is 5.69 Å². The van der Waals surface area contributed by atoms with E-state index in [1.54, 1.807) is 6.92 Å². The highest BCUT2D eigenvalue weighted by atomic mass is 35.5. The fraction of sp³-hybridized carbons (Fsp3) is 0.286. The van der Waals surface area contributed by atoms with E-state index in [9.17, 15) is 13.2 Å². The maximum absolute atomic E-state index is 12.2. The van der Waals surface area contributed by atoms with Crippen LogP contribution in [0.15, 0.2) is 40.2 Å². The summed E-state index contributed by atoms with van der Waals surface area (Å²) in [5, 5.41) is 3.77. The zero-order valence-corrected chi connectivity index (χ0v) is 15.2. The summed E-state index contributed by atoms with van der Waals surface area (Å²) in [6.07, 6.45) is 1.24. The Morgan fingerprint density at radius 1 is 1.29 bits per heavy atom. The largest absolute Gasteiger partial charge is 0.383 e. The van der Waals surface area contributed by atoms with Crippen LogP contribution >= 0.6 is 23.2 Å². The van der Waals surface area contributed by atoms with Crippen LogP contribution in [0.4, 0.5) is 0 Å². The predicted molar refractivity (Wildman–Crippen MR) is 91.5 cm³/mol. The maximum Gasteiger partial charge on any atom is 0.291 e. The van der Waals surface area contributed by atoms with Gasteiger partial charge in [0.15, 0.2) is 0 Å². The van der Waals surface area contributed by atoms with E-state index < -0.39 is 15.6 Å². The zero-order chi connectivity index (χ0) is 17.9. The van der Waals surface area contributed by atoms with Crippen molar-refractivity contribution in [2.45, 2.75) is 17.9 Å². The number of sulfonamides is 1. The second kappa shape index (κ2) is 7.62. The highest BCUT2D eigenvalue weighted by Gasteiger charge is 2.17. The van der Waals surface area contributed by atoms with Gasteiger partial charge in [-0.05, 0) is 31.2 Å². The molecular formula is C14H15Cl2N3O4S. The summed E-state index contributed by atoms with van der Waals surface area (Å²) >= 11 is 11.5. The minimum absolute atomic E-state index is 0.0495. The Morgan fingerprint density at radius 3 is 2.50 bits per heavy atom. The van der Waals surface area contributed by atoms with Crippen molar-refractivity contribution in [2.75, 3.05) is 13.7 Å². The van der Waals surface area contributed by atoms with Gasteiger partial charge in [0.05, 0.1) is 28.4 Å². The second-order valence-corrected chi connectivity index (χ2v) is 7.49. The van der Waals surface area contributed by atoms with Gasteiger partial charge in [-0.1, -0.05) is 23.2 Å². The molecule has 1 atom stereocenters. The molecule has 0 aliphatic heterocycles. The summed E-state index contributed by atoms with van der Waals surface area (Å²) in [6.45, 7) is 1.94. The standard InChI is InChI=1S/C14H15Cl2N3O4S/c1-9(8-23-2)18-24(21,22)11-5-3-10(4-6-11)19-14(20)13(16)12(15)7-17-19/h3-7,9,18H,8H2,1-2H3/t9-/m1/s1. The zero-order valence-electron chi connectivity index (χ0n) is 12.9. The van der Waals surface area contributed by atoms with Gasteiger partial charge >= 0.3 is 0 Å². The number of halogens is 2. The van der Waals surface area contributed by atoms with Crippen molar-refractivity contribution >= 4 is 33.2 Å². The Morgan fingerprint density at radius 2 is 1.92 bits per heavy atom. The Kier molecular flexibility index (Phi) is 6.00. The average Bonchev–Trinajstić information content (AvgIpc) is 2.53. The third-order valence-electron chi connectivity index (χ3n) is 3.04. The van der Waals surface area contributed by atoms with Gasteiger partial charge in [-0.3, -0.25) is 4.79 Å². The lowest BCUT2D eigenvalue weighted by atomic mass is 10.3. The summed E-state index contributed by atoms with van der Waals surface area (Å²) in [4.78, 5) is 12.1. The highest BCUT2D eigenvalue weighted by molar-refractivity contribution is 7.89. The second-order valence-electron chi connectivity index (χ2n) is 5.00. The number of benzene rings is 1. The number of hydrogen-bond donors (Lipinski definition) is 1. The number of hydrogen-bond acceptors (Lipinski definition) is 5. The monoisotopic (exact) mass is 391 g/mol. The Bertz CT molecular complexity index is 882. The lowest BCUT2D eigenvalue weighted by Gasteiger charge is -2.13. The molecule has 24 heavy (non-hydrogen) atoms. The van der Waals surface area contributed by atoms with E-state index >= 15 is 0 Å². The maximum atomic E-state index is 12.2. The lowest BCUT2D eigenvalue weighted by Crippen LogP contribution is -2.35. The number of aromatic nitrogens is 2. The summed E-state index contributed by atoms with van der Waals surface area (Å²) in [7, 11) is -2.20. The van der Waals surface area contributed by atoms with Crippen LogP contribution in [0, 0.1) is 0 Å². The van der Waals surface area contributed by atoms with E-state index in [0.717, 1.165) is 4.68 Å². The van der Waals surface area contributed by atoms with E-state index in [1.807, 2.05) is 0 Å². The lowest BCUT2D eigenvalue weighted by molar-refractivity contribution is 0.180. The molecule has 0 saturated heterocycles. The molecule has 0 spiro atoms. The molecule has 0 aliphatic carbocycles. The van der Waals surface area contributed by atoms with E-state index in [4.69, 9.17) is 27.9 Å². The first-order valence-corrected chi connectivity index (χ1v) is 9.05. The molecular weight excluding hydrogens is 377 g/mol. The van der Waals surface area contributed by atoms with Crippen LogP contribution in [0.2, 0.25) is 10.0 Å². The van der Waals surface area contributed by atoms with Gasteiger partial charge in [0.1, 0.15) is 5.02 Å². The highest BCUT2D eigenvalue weighted by Crippen LogP contribution is 2.17. The molecule has 0 aliphatic rings. The topological polar surface area (TPSA) is 90.3 Å². The quantitative estimate of drug-likeness (QED) is 0.811. The van der Waals surface area contributed by atoms with Gasteiger partial charge in [0, 0.05) is 13.2 Å². The Labute approximate surface area is 149 Å². The van der Waals surface area contributed by atoms with Crippen molar-refractivity contribution in [3.05, 3.63) is 50.9 Å². The van der Waals surface area contributed by atoms with E-state index in [0.29, 0.717) is 5.69 Å². The molecule has 7 nitrogen and oxygen atoms in total. The van der Waals surface area contributed by atoms with Gasteiger partial charge < -0.3 is 4.74 Å². The van der Waals surface area contributed by atoms with Gasteiger partial charge in [0.25, 0.3) is 5.56 Å². The van der Waals surface area contributed by atoms with Gasteiger partial charge in [0.2, 0.25) is 10.0 Å². The smallest absolute Gasteiger partial charge is 0.291 e. The minimum Gasteiger partial charge on any atom is -0.383 e. The van der Waals surface area contributed by atoms with Crippen LogP contribution in [-0.4, -0.2) is 38.0 Å². The molecule has 2 aromatic rings. The van der Waals surface area contributed by atoms with Crippen LogP contribution in [0.25, 0.3) is 5.69 Å². The summed E-state index contributed by atoms with van der Waals surface area (Å²) in [5.74, 6) is 0. The van der Waals surface area contributed by atoms with Gasteiger partial charge in [-0.25, -0.2) is 13.1 Å². The Balaban J connectivity index is 2.32. The molecule has 0 unspecified atom stereocenters. The average molecular weight is 392 g/mol. The van der Waals surface area contributed by atoms with Crippen LogP contribution in [0.3, 0.4) is 0 Å². The van der Waals surface area contributed by atoms with Crippen molar-refractivity contribution in [2.24, 2.45) is 0 Å². The third-order valence-corrected chi connectivity index (χ3v) is 5.39. The van der Waals surface area contributed by atoms with Crippen molar-refractivity contribution in [1.29, 1.82) is 0 Å². The van der Waals surface area contributed by atoms with Crippen LogP contribution < -0.4 is 10.3 Å². The van der Waals surface area contributed by atoms with Crippen LogP contribution in [0.1, 0.15) is 6.92 Å². The summed E-state index contributed by atoms with van der Waals surface area (Å²) in [6, 6.07) is 5.27. The SMILES string of the molecule is COC[C@@H](C)NS(=O)(=O)c1ccc(-n2ncc(Cl)c(Cl)c2=O)cc1. The first kappa shape index (κ1) is 18.9. The fourth-order valence-corrected chi connectivity index (χ4v) is 3.46. The van der Waals surface area contributed by atoms with E-state index in [2.05, 4.69) is 9.82 Å². The normalized spacial score (nSPS) is 13.0. The van der Waals surface area contributed by atoms with Gasteiger partial charge in [-0.15, -0.1) is 0 Å². The van der Waals surface area contributed by atoms with E-state index in [1.165, 1.54) is 37.6 Å².